The Labute approximate surface area is 163 Å². The first-order valence-corrected chi connectivity index (χ1v) is 9.86. The van der Waals surface area contributed by atoms with Crippen molar-refractivity contribution in [3.63, 3.8) is 0 Å². The number of hydrogen-bond acceptors (Lipinski definition) is 6. The predicted octanol–water partition coefficient (Wildman–Crippen LogP) is 1.77. The molecule has 0 heterocycles. The van der Waals surface area contributed by atoms with Crippen molar-refractivity contribution in [2.75, 3.05) is 25.6 Å². The fourth-order valence-corrected chi connectivity index (χ4v) is 3.62. The third kappa shape index (κ3) is 6.07. The van der Waals surface area contributed by atoms with Crippen LogP contribution in [0.5, 0.6) is 5.75 Å². The number of hydrogen-bond donors (Lipinski definition) is 2. The molecule has 0 aromatic heterocycles. The zero-order chi connectivity index (χ0) is 20.7. The molecule has 0 saturated heterocycles. The van der Waals surface area contributed by atoms with E-state index in [1.165, 1.54) is 13.2 Å². The number of methoxy groups -OCH3 is 1. The maximum atomic E-state index is 12.3. The van der Waals surface area contributed by atoms with Gasteiger partial charge in [0.15, 0.2) is 6.61 Å². The lowest BCUT2D eigenvalue weighted by atomic mass is 10.2. The van der Waals surface area contributed by atoms with Crippen LogP contribution in [-0.4, -0.2) is 40.6 Å². The van der Waals surface area contributed by atoms with Crippen LogP contribution in [0.2, 0.25) is 0 Å². The maximum Gasteiger partial charge on any atom is 0.321 e. The minimum Gasteiger partial charge on any atom is -0.497 e. The normalized spacial score (nSPS) is 11.0. The molecule has 28 heavy (non-hydrogen) atoms. The fraction of sp³-hybridized carbons (Fsp3) is 0.263. The summed E-state index contributed by atoms with van der Waals surface area (Å²) in [4.78, 5) is 23.7. The van der Waals surface area contributed by atoms with E-state index < -0.39 is 35.1 Å². The Bertz CT molecular complexity index is 972. The fourth-order valence-electron chi connectivity index (χ4n) is 2.32. The summed E-state index contributed by atoms with van der Waals surface area (Å²) >= 11 is 0. The van der Waals surface area contributed by atoms with Crippen LogP contribution in [0.1, 0.15) is 11.1 Å². The van der Waals surface area contributed by atoms with Crippen LogP contribution in [0.25, 0.3) is 0 Å². The van der Waals surface area contributed by atoms with Crippen molar-refractivity contribution in [3.05, 3.63) is 53.6 Å². The summed E-state index contributed by atoms with van der Waals surface area (Å²) in [6, 6.07) is 11.7. The van der Waals surface area contributed by atoms with Crippen molar-refractivity contribution < 1.29 is 27.5 Å². The molecule has 1 amide bonds. The molecule has 2 N–H and O–H groups in total. The minimum atomic E-state index is -3.87. The van der Waals surface area contributed by atoms with E-state index in [1.807, 2.05) is 0 Å². The first-order chi connectivity index (χ1) is 13.2. The first kappa shape index (κ1) is 21.4. The summed E-state index contributed by atoms with van der Waals surface area (Å²) in [6.07, 6.45) is 0. The Hall–Kier alpha value is -2.91. The molecule has 8 nitrogen and oxygen atoms in total. The molecule has 0 atom stereocenters. The Morgan fingerprint density at radius 1 is 1.07 bits per heavy atom. The number of esters is 1. The van der Waals surface area contributed by atoms with E-state index in [4.69, 9.17) is 9.47 Å². The van der Waals surface area contributed by atoms with Crippen LogP contribution in [0, 0.1) is 13.8 Å². The van der Waals surface area contributed by atoms with Gasteiger partial charge < -0.3 is 14.8 Å². The molecule has 0 aliphatic rings. The van der Waals surface area contributed by atoms with Crippen LogP contribution in [-0.2, 0) is 24.3 Å². The molecule has 0 aliphatic carbocycles. The van der Waals surface area contributed by atoms with E-state index in [9.17, 15) is 18.0 Å². The summed E-state index contributed by atoms with van der Waals surface area (Å²) in [5, 5.41) is 2.55. The molecule has 0 fully saturated rings. The van der Waals surface area contributed by atoms with Gasteiger partial charge in [-0.25, -0.2) is 8.42 Å². The lowest BCUT2D eigenvalue weighted by Gasteiger charge is -2.10. The number of nitrogens with one attached hydrogen (secondary N) is 2. The monoisotopic (exact) mass is 406 g/mol. The van der Waals surface area contributed by atoms with Crippen molar-refractivity contribution in [1.29, 1.82) is 0 Å². The van der Waals surface area contributed by atoms with Crippen LogP contribution in [0.3, 0.4) is 0 Å². The van der Waals surface area contributed by atoms with Crippen molar-refractivity contribution in [2.24, 2.45) is 0 Å². The molecule has 2 aromatic rings. The van der Waals surface area contributed by atoms with Crippen molar-refractivity contribution in [2.45, 2.75) is 18.7 Å². The van der Waals surface area contributed by atoms with E-state index in [1.54, 1.807) is 50.2 Å². The molecular weight excluding hydrogens is 384 g/mol. The zero-order valence-corrected chi connectivity index (χ0v) is 16.6. The van der Waals surface area contributed by atoms with Crippen LogP contribution >= 0.6 is 0 Å². The van der Waals surface area contributed by atoms with Gasteiger partial charge in [0.2, 0.25) is 10.0 Å². The number of sulfonamides is 1. The maximum absolute atomic E-state index is 12.3. The summed E-state index contributed by atoms with van der Waals surface area (Å²) in [5.74, 6) is -0.857. The zero-order valence-electron chi connectivity index (χ0n) is 15.8. The van der Waals surface area contributed by atoms with Gasteiger partial charge in [0.25, 0.3) is 5.91 Å². The highest BCUT2D eigenvalue weighted by Crippen LogP contribution is 2.17. The largest absolute Gasteiger partial charge is 0.497 e. The summed E-state index contributed by atoms with van der Waals surface area (Å²) in [7, 11) is -2.37. The quantitative estimate of drug-likeness (QED) is 0.647. The Morgan fingerprint density at radius 3 is 2.54 bits per heavy atom. The van der Waals surface area contributed by atoms with Gasteiger partial charge in [0.1, 0.15) is 12.3 Å². The van der Waals surface area contributed by atoms with Crippen molar-refractivity contribution >= 4 is 27.6 Å². The number of carbonyl (C=O) groups is 2. The average molecular weight is 406 g/mol. The average Bonchev–Trinajstić information content (AvgIpc) is 2.66. The molecule has 2 aromatic carbocycles. The van der Waals surface area contributed by atoms with E-state index in [-0.39, 0.29) is 4.90 Å². The molecule has 9 heteroatoms. The van der Waals surface area contributed by atoms with Crippen LogP contribution in [0.4, 0.5) is 5.69 Å². The summed E-state index contributed by atoms with van der Waals surface area (Å²) < 4.78 is 36.7. The number of benzene rings is 2. The predicted molar refractivity (Wildman–Crippen MR) is 104 cm³/mol. The van der Waals surface area contributed by atoms with Gasteiger partial charge in [-0.3, -0.25) is 9.59 Å². The Morgan fingerprint density at radius 2 is 1.82 bits per heavy atom. The second kappa shape index (κ2) is 9.34. The number of aryl methyl sites for hydroxylation is 2. The number of ether oxygens (including phenoxy) is 2. The van der Waals surface area contributed by atoms with Gasteiger partial charge >= 0.3 is 5.97 Å². The van der Waals surface area contributed by atoms with Gasteiger partial charge in [-0.05, 0) is 43.2 Å². The minimum absolute atomic E-state index is 0.0936. The molecule has 150 valence electrons. The number of carbonyl (C=O) groups excluding carboxylic acids is 2. The van der Waals surface area contributed by atoms with Crippen LogP contribution < -0.4 is 14.8 Å². The highest BCUT2D eigenvalue weighted by Gasteiger charge is 2.19. The van der Waals surface area contributed by atoms with Crippen LogP contribution in [0.15, 0.2) is 47.4 Å². The Balaban J connectivity index is 1.85. The first-order valence-electron chi connectivity index (χ1n) is 8.38. The van der Waals surface area contributed by atoms with E-state index in [0.29, 0.717) is 17.0 Å². The molecule has 0 bridgehead atoms. The lowest BCUT2D eigenvalue weighted by Crippen LogP contribution is -2.32. The van der Waals surface area contributed by atoms with Gasteiger partial charge in [-0.2, -0.15) is 4.72 Å². The topological polar surface area (TPSA) is 111 Å². The highest BCUT2D eigenvalue weighted by molar-refractivity contribution is 7.89. The van der Waals surface area contributed by atoms with Crippen molar-refractivity contribution in [1.82, 2.24) is 4.72 Å². The third-order valence-electron chi connectivity index (χ3n) is 3.76. The second-order valence-corrected chi connectivity index (χ2v) is 7.77. The lowest BCUT2D eigenvalue weighted by molar-refractivity contribution is -0.146. The number of amides is 1. The molecule has 0 radical (unpaired) electrons. The smallest absolute Gasteiger partial charge is 0.321 e. The molecule has 0 saturated carbocycles. The molecule has 0 unspecified atom stereocenters. The standard InChI is InChI=1S/C19H22N2O6S/c1-13-7-8-14(2)17(9-13)28(24,25)20-11-19(23)27-12-18(22)21-15-5-4-6-16(10-15)26-3/h4-10,20H,11-12H2,1-3H3,(H,21,22). The van der Waals surface area contributed by atoms with Gasteiger partial charge in [-0.1, -0.05) is 18.2 Å². The SMILES string of the molecule is COc1cccc(NC(=O)COC(=O)CNS(=O)(=O)c2cc(C)ccc2C)c1. The number of rotatable bonds is 8. The summed E-state index contributed by atoms with van der Waals surface area (Å²) in [6.45, 7) is 2.31. The van der Waals surface area contributed by atoms with E-state index in [2.05, 4.69) is 10.0 Å². The third-order valence-corrected chi connectivity index (χ3v) is 5.30. The molecule has 0 aliphatic heterocycles. The van der Waals surface area contributed by atoms with E-state index >= 15 is 0 Å². The highest BCUT2D eigenvalue weighted by atomic mass is 32.2. The van der Waals surface area contributed by atoms with E-state index in [0.717, 1.165) is 5.56 Å². The summed E-state index contributed by atoms with van der Waals surface area (Å²) in [5.41, 5.74) is 1.82. The Kier molecular flexibility index (Phi) is 7.13. The molecule has 0 spiro atoms. The van der Waals surface area contributed by atoms with Gasteiger partial charge in [0, 0.05) is 11.8 Å². The van der Waals surface area contributed by atoms with Crippen molar-refractivity contribution in [3.8, 4) is 5.75 Å². The second-order valence-electron chi connectivity index (χ2n) is 6.03. The number of anilines is 1. The molecule has 2 rings (SSSR count). The molecular formula is C19H22N2O6S. The van der Waals surface area contributed by atoms with Gasteiger partial charge in [0.05, 0.1) is 12.0 Å². The van der Waals surface area contributed by atoms with Gasteiger partial charge in [-0.15, -0.1) is 0 Å².